The van der Waals surface area contributed by atoms with E-state index in [2.05, 4.69) is 25.5 Å². The molecule has 50 heavy (non-hydrogen) atoms. The Bertz CT molecular complexity index is 1870. The van der Waals surface area contributed by atoms with Crippen molar-refractivity contribution in [3.05, 3.63) is 94.8 Å². The van der Waals surface area contributed by atoms with E-state index in [1.165, 1.54) is 0 Å². The van der Waals surface area contributed by atoms with Crippen LogP contribution in [-0.4, -0.2) is 78.6 Å². The Morgan fingerprint density at radius 1 is 0.900 bits per heavy atom. The Labute approximate surface area is 290 Å². The first-order chi connectivity index (χ1) is 24.4. The first-order valence-electron chi connectivity index (χ1n) is 17.7. The number of hydrogen-bond acceptors (Lipinski definition) is 8. The summed E-state index contributed by atoms with van der Waals surface area (Å²) >= 11 is 0. The van der Waals surface area contributed by atoms with E-state index in [-0.39, 0.29) is 23.8 Å². The second kappa shape index (κ2) is 13.2. The van der Waals surface area contributed by atoms with E-state index in [9.17, 15) is 19.5 Å². The van der Waals surface area contributed by atoms with Crippen molar-refractivity contribution in [3.63, 3.8) is 0 Å². The lowest BCUT2D eigenvalue weighted by atomic mass is 10.1. The number of rotatable bonds is 13. The molecule has 3 fully saturated rings. The maximum Gasteiger partial charge on any atom is 0.277 e. The highest BCUT2D eigenvalue weighted by molar-refractivity contribution is 6.00. The normalized spacial score (nSPS) is 18.5. The van der Waals surface area contributed by atoms with Crippen molar-refractivity contribution < 1.29 is 19.5 Å². The molecule has 3 amide bonds. The number of carbonyl (C=O) groups excluding carboxylic acids is 3. The van der Waals surface area contributed by atoms with Crippen LogP contribution in [0.5, 0.6) is 0 Å². The predicted molar refractivity (Wildman–Crippen MR) is 188 cm³/mol. The summed E-state index contributed by atoms with van der Waals surface area (Å²) in [5, 5.41) is 17.3. The zero-order chi connectivity index (χ0) is 34.4. The van der Waals surface area contributed by atoms with Crippen LogP contribution in [0, 0.1) is 0 Å². The molecule has 0 bridgehead atoms. The minimum absolute atomic E-state index is 0.0728. The van der Waals surface area contributed by atoms with Gasteiger partial charge in [-0.05, 0) is 92.5 Å². The van der Waals surface area contributed by atoms with Gasteiger partial charge in [-0.2, -0.15) is 0 Å². The Morgan fingerprint density at radius 3 is 2.16 bits per heavy atom. The number of hydrogen-bond donors (Lipinski definition) is 4. The Balaban J connectivity index is 0.833. The third-order valence-electron chi connectivity index (χ3n) is 9.83. The number of pyridine rings is 1. The average Bonchev–Trinajstić information content (AvgIpc) is 4.01. The third-order valence-corrected chi connectivity index (χ3v) is 9.83. The Hall–Kier alpha value is -5.23. The summed E-state index contributed by atoms with van der Waals surface area (Å²) in [4.78, 5) is 56.9. The van der Waals surface area contributed by atoms with Crippen LogP contribution in [0.1, 0.15) is 94.2 Å². The third kappa shape index (κ3) is 6.55. The molecule has 12 nitrogen and oxygen atoms in total. The molecule has 1 atom stereocenters. The number of aromatic amines is 1. The summed E-state index contributed by atoms with van der Waals surface area (Å²) < 4.78 is 0. The molecular weight excluding hydrogens is 632 g/mol. The lowest BCUT2D eigenvalue weighted by molar-refractivity contribution is -0.00314. The Morgan fingerprint density at radius 2 is 1.56 bits per heavy atom. The lowest BCUT2D eigenvalue weighted by Crippen LogP contribution is -2.56. The van der Waals surface area contributed by atoms with E-state index >= 15 is 0 Å². The molecule has 1 unspecified atom stereocenters. The number of carbonyl (C=O) groups is 3. The fourth-order valence-corrected chi connectivity index (χ4v) is 6.66. The SMILES string of the molecule is CCCN1c2nc(-c3ccc(NCc4ccc(CNC(=O)c5ccc(C(=O)N(C6CC6)C6CC6)cc5)cc4)nc3)[nH]c2C(=O)N(C2CC2)C1O. The summed E-state index contributed by atoms with van der Waals surface area (Å²) in [6.07, 6.45) is 7.70. The van der Waals surface area contributed by atoms with Gasteiger partial charge in [-0.25, -0.2) is 9.97 Å². The molecule has 12 heteroatoms. The lowest BCUT2D eigenvalue weighted by Gasteiger charge is -2.40. The molecule has 3 saturated carbocycles. The van der Waals surface area contributed by atoms with Crippen molar-refractivity contribution >= 4 is 29.4 Å². The van der Waals surface area contributed by atoms with Gasteiger partial charge in [0.1, 0.15) is 17.3 Å². The second-order valence-electron chi connectivity index (χ2n) is 13.8. The first-order valence-corrected chi connectivity index (χ1v) is 17.7. The number of nitrogens with zero attached hydrogens (tertiary/aromatic N) is 5. The van der Waals surface area contributed by atoms with Crippen LogP contribution in [0.4, 0.5) is 11.6 Å². The van der Waals surface area contributed by atoms with Gasteiger partial charge in [0.25, 0.3) is 17.7 Å². The van der Waals surface area contributed by atoms with Crippen LogP contribution in [-0.2, 0) is 13.1 Å². The maximum atomic E-state index is 13.2. The number of nitrogens with one attached hydrogen (secondary N) is 3. The number of imidazole rings is 1. The minimum atomic E-state index is -1.01. The molecule has 0 radical (unpaired) electrons. The van der Waals surface area contributed by atoms with Crippen molar-refractivity contribution in [2.24, 2.45) is 0 Å². The molecule has 258 valence electrons. The smallest absolute Gasteiger partial charge is 0.277 e. The van der Waals surface area contributed by atoms with Gasteiger partial charge < -0.3 is 30.5 Å². The molecule has 4 aliphatic rings. The number of aromatic nitrogens is 3. The summed E-state index contributed by atoms with van der Waals surface area (Å²) in [6.45, 7) is 3.58. The van der Waals surface area contributed by atoms with Gasteiger partial charge in [-0.3, -0.25) is 19.3 Å². The molecule has 0 spiro atoms. The number of anilines is 2. The molecule has 4 aromatic rings. The summed E-state index contributed by atoms with van der Waals surface area (Å²) in [7, 11) is 0. The number of H-pyrrole nitrogens is 1. The highest BCUT2D eigenvalue weighted by Gasteiger charge is 2.46. The van der Waals surface area contributed by atoms with Crippen LogP contribution in [0.15, 0.2) is 66.9 Å². The van der Waals surface area contributed by atoms with Crippen molar-refractivity contribution in [1.29, 1.82) is 0 Å². The molecule has 2 aromatic heterocycles. The highest BCUT2D eigenvalue weighted by Crippen LogP contribution is 2.39. The van der Waals surface area contributed by atoms with E-state index in [0.717, 1.165) is 61.6 Å². The molecule has 8 rings (SSSR count). The number of aliphatic hydroxyl groups is 1. The maximum absolute atomic E-state index is 13.2. The fraction of sp³-hybridized carbons (Fsp3) is 0.395. The van der Waals surface area contributed by atoms with Crippen LogP contribution in [0.25, 0.3) is 11.4 Å². The van der Waals surface area contributed by atoms with E-state index in [1.807, 2.05) is 43.3 Å². The molecular formula is C38H42N8O4. The van der Waals surface area contributed by atoms with Gasteiger partial charge in [0.15, 0.2) is 5.82 Å². The van der Waals surface area contributed by atoms with E-state index in [4.69, 9.17) is 4.98 Å². The number of aliphatic hydroxyl groups excluding tert-OH is 1. The van der Waals surface area contributed by atoms with Crippen molar-refractivity contribution in [1.82, 2.24) is 30.1 Å². The largest absolute Gasteiger partial charge is 0.366 e. The monoisotopic (exact) mass is 674 g/mol. The average molecular weight is 675 g/mol. The van der Waals surface area contributed by atoms with E-state index in [0.29, 0.717) is 66.0 Å². The van der Waals surface area contributed by atoms with Gasteiger partial charge in [0.2, 0.25) is 6.35 Å². The number of amides is 3. The predicted octanol–water partition coefficient (Wildman–Crippen LogP) is 4.89. The highest BCUT2D eigenvalue weighted by atomic mass is 16.3. The zero-order valence-electron chi connectivity index (χ0n) is 28.1. The van der Waals surface area contributed by atoms with Crippen molar-refractivity contribution in [2.75, 3.05) is 16.8 Å². The molecule has 0 saturated heterocycles. The van der Waals surface area contributed by atoms with Gasteiger partial charge >= 0.3 is 0 Å². The van der Waals surface area contributed by atoms with E-state index in [1.54, 1.807) is 40.3 Å². The molecule has 3 aliphatic carbocycles. The molecule has 2 aromatic carbocycles. The van der Waals surface area contributed by atoms with Crippen molar-refractivity contribution in [3.8, 4) is 11.4 Å². The van der Waals surface area contributed by atoms with Crippen molar-refractivity contribution in [2.45, 2.75) is 89.4 Å². The summed E-state index contributed by atoms with van der Waals surface area (Å²) in [6, 6.07) is 19.6. The summed E-state index contributed by atoms with van der Waals surface area (Å²) in [5.41, 5.74) is 4.36. The quantitative estimate of drug-likeness (QED) is 0.157. The van der Waals surface area contributed by atoms with Gasteiger partial charge in [0.05, 0.1) is 0 Å². The standard InChI is InChI=1S/C38H42N8O4/c1-2-19-44-34-32(37(49)46(38(44)50)30-16-17-30)42-33(43-34)27-11-18-31(40-22-27)39-20-23-3-5-24(6-4-23)21-41-35(47)25-7-9-26(10-8-25)36(48)45(28-12-13-28)29-14-15-29/h3-11,18,22,28-30,38,50H,2,12-17,19-21H2,1H3,(H,39,40)(H,41,47)(H,42,43). The number of benzene rings is 2. The van der Waals surface area contributed by atoms with Crippen LogP contribution in [0.2, 0.25) is 0 Å². The van der Waals surface area contributed by atoms with Gasteiger partial charge in [-0.15, -0.1) is 0 Å². The van der Waals surface area contributed by atoms with Crippen LogP contribution >= 0.6 is 0 Å². The summed E-state index contributed by atoms with van der Waals surface area (Å²) in [5.74, 6) is 1.39. The zero-order valence-corrected chi connectivity index (χ0v) is 28.1. The van der Waals surface area contributed by atoms with E-state index < -0.39 is 6.35 Å². The topological polar surface area (TPSA) is 147 Å². The molecule has 1 aliphatic heterocycles. The second-order valence-corrected chi connectivity index (χ2v) is 13.8. The molecule has 3 heterocycles. The molecule has 4 N–H and O–H groups in total. The minimum Gasteiger partial charge on any atom is -0.366 e. The number of fused-ring (bicyclic) bond motifs is 1. The van der Waals surface area contributed by atoms with Crippen LogP contribution in [0.3, 0.4) is 0 Å². The van der Waals surface area contributed by atoms with Gasteiger partial charge in [-0.1, -0.05) is 31.2 Å². The first kappa shape index (κ1) is 32.0. The van der Waals surface area contributed by atoms with Crippen LogP contribution < -0.4 is 15.5 Å². The van der Waals surface area contributed by atoms with Gasteiger partial charge in [0, 0.05) is 60.6 Å². The Kier molecular flexibility index (Phi) is 8.47. The fourth-order valence-electron chi connectivity index (χ4n) is 6.66.